The van der Waals surface area contributed by atoms with Crippen LogP contribution in [0.25, 0.3) is 0 Å². The summed E-state index contributed by atoms with van der Waals surface area (Å²) in [4.78, 5) is 25.2. The zero-order valence-corrected chi connectivity index (χ0v) is 16.6. The Morgan fingerprint density at radius 3 is 2.66 bits per heavy atom. The van der Waals surface area contributed by atoms with Crippen molar-refractivity contribution in [3.05, 3.63) is 52.6 Å². The van der Waals surface area contributed by atoms with Crippen molar-refractivity contribution in [2.45, 2.75) is 50.9 Å². The van der Waals surface area contributed by atoms with Crippen molar-refractivity contribution in [3.63, 3.8) is 0 Å². The average molecular weight is 383 g/mol. The number of para-hydroxylation sites is 1. The molecule has 2 heterocycles. The molecular formula is C23H21N5O. The number of amides is 1. The van der Waals surface area contributed by atoms with Gasteiger partial charge in [0.25, 0.3) is 0 Å². The Kier molecular flexibility index (Phi) is 3.61. The number of hydrogen-bond donors (Lipinski definition) is 0. The molecule has 3 aliphatic rings. The van der Waals surface area contributed by atoms with Gasteiger partial charge < -0.3 is 4.90 Å². The predicted molar refractivity (Wildman–Crippen MR) is 106 cm³/mol. The van der Waals surface area contributed by atoms with Gasteiger partial charge in [0.2, 0.25) is 5.91 Å². The first-order chi connectivity index (χ1) is 14.0. The van der Waals surface area contributed by atoms with Crippen LogP contribution in [-0.4, -0.2) is 22.4 Å². The van der Waals surface area contributed by atoms with Gasteiger partial charge in [0, 0.05) is 18.2 Å². The smallest absolute Gasteiger partial charge is 0.239 e. The molecule has 2 unspecified atom stereocenters. The highest BCUT2D eigenvalue weighted by Gasteiger charge is 2.69. The third kappa shape index (κ3) is 2.07. The summed E-state index contributed by atoms with van der Waals surface area (Å²) in [6.45, 7) is 4.90. The monoisotopic (exact) mass is 383 g/mol. The Bertz CT molecular complexity index is 1140. The van der Waals surface area contributed by atoms with Crippen molar-refractivity contribution in [2.24, 2.45) is 5.41 Å². The molecule has 0 saturated heterocycles. The van der Waals surface area contributed by atoms with Crippen LogP contribution < -0.4 is 4.90 Å². The van der Waals surface area contributed by atoms with E-state index in [9.17, 15) is 15.3 Å². The number of carbonyl (C=O) groups is 1. The summed E-state index contributed by atoms with van der Waals surface area (Å²) < 4.78 is 0. The molecule has 1 amide bonds. The van der Waals surface area contributed by atoms with Gasteiger partial charge in [-0.25, -0.2) is 9.97 Å². The average Bonchev–Trinajstić information content (AvgIpc) is 3.12. The zero-order valence-electron chi connectivity index (χ0n) is 16.6. The minimum absolute atomic E-state index is 0.0146. The van der Waals surface area contributed by atoms with Gasteiger partial charge in [-0.15, -0.1) is 0 Å². The molecule has 2 bridgehead atoms. The highest BCUT2D eigenvalue weighted by molar-refractivity contribution is 6.03. The lowest BCUT2D eigenvalue weighted by Gasteiger charge is -2.42. The fraction of sp³-hybridized carbons (Fsp3) is 0.435. The molecule has 2 aliphatic carbocycles. The van der Waals surface area contributed by atoms with Crippen molar-refractivity contribution < 1.29 is 4.79 Å². The van der Waals surface area contributed by atoms with Crippen LogP contribution in [0.5, 0.6) is 0 Å². The van der Waals surface area contributed by atoms with Gasteiger partial charge in [-0.1, -0.05) is 32.0 Å². The summed E-state index contributed by atoms with van der Waals surface area (Å²) in [5.74, 6) is 0.118. The number of anilines is 1. The van der Waals surface area contributed by atoms with Crippen LogP contribution in [0.15, 0.2) is 24.3 Å². The van der Waals surface area contributed by atoms with Crippen molar-refractivity contribution >= 4 is 11.6 Å². The molecule has 1 fully saturated rings. The molecule has 2 atom stereocenters. The second-order valence-corrected chi connectivity index (χ2v) is 8.79. The fourth-order valence-electron chi connectivity index (χ4n) is 5.86. The van der Waals surface area contributed by atoms with E-state index in [4.69, 9.17) is 0 Å². The Morgan fingerprint density at radius 1 is 1.17 bits per heavy atom. The van der Waals surface area contributed by atoms with Crippen LogP contribution in [0.3, 0.4) is 0 Å². The molecule has 29 heavy (non-hydrogen) atoms. The largest absolute Gasteiger partial charge is 0.311 e. The van der Waals surface area contributed by atoms with Crippen LogP contribution in [-0.2, 0) is 16.6 Å². The first kappa shape index (κ1) is 17.8. The van der Waals surface area contributed by atoms with Gasteiger partial charge in [0.05, 0.1) is 16.8 Å². The summed E-state index contributed by atoms with van der Waals surface area (Å²) in [6, 6.07) is 12.1. The summed E-state index contributed by atoms with van der Waals surface area (Å²) in [7, 11) is 0. The normalized spacial score (nSPS) is 25.7. The summed E-state index contributed by atoms with van der Waals surface area (Å²) in [6.07, 6.45) is 3.44. The van der Waals surface area contributed by atoms with Crippen LogP contribution in [0.2, 0.25) is 0 Å². The number of rotatable bonds is 1. The van der Waals surface area contributed by atoms with E-state index in [1.54, 1.807) is 0 Å². The lowest BCUT2D eigenvalue weighted by Crippen LogP contribution is -2.53. The highest BCUT2D eigenvalue weighted by atomic mass is 16.2. The van der Waals surface area contributed by atoms with Gasteiger partial charge in [-0.3, -0.25) is 4.79 Å². The molecule has 0 radical (unpaired) electrons. The Morgan fingerprint density at radius 2 is 1.90 bits per heavy atom. The molecule has 6 heteroatoms. The second kappa shape index (κ2) is 5.87. The number of nitriles is 2. The molecule has 0 spiro atoms. The first-order valence-corrected chi connectivity index (χ1v) is 10.1. The lowest BCUT2D eigenvalue weighted by molar-refractivity contribution is -0.127. The molecule has 1 aliphatic heterocycles. The number of nitrogens with zero attached hydrogens (tertiary/aromatic N) is 5. The molecule has 144 valence electrons. The number of benzene rings is 1. The molecule has 2 aromatic rings. The highest BCUT2D eigenvalue weighted by Crippen LogP contribution is 2.67. The van der Waals surface area contributed by atoms with Crippen LogP contribution in [0.1, 0.15) is 67.4 Å². The number of aryl methyl sites for hydroxylation is 1. The molecule has 6 nitrogen and oxygen atoms in total. The van der Waals surface area contributed by atoms with Crippen molar-refractivity contribution in [3.8, 4) is 12.1 Å². The number of carbonyl (C=O) groups excluding carboxylic acids is 1. The molecule has 1 saturated carbocycles. The third-order valence-electron chi connectivity index (χ3n) is 7.37. The van der Waals surface area contributed by atoms with Crippen molar-refractivity contribution in [1.82, 2.24) is 9.97 Å². The predicted octanol–water partition coefficient (Wildman–Crippen LogP) is 3.35. The van der Waals surface area contributed by atoms with E-state index in [2.05, 4.69) is 29.9 Å². The van der Waals surface area contributed by atoms with Crippen LogP contribution >= 0.6 is 0 Å². The van der Waals surface area contributed by atoms with Crippen molar-refractivity contribution in [2.75, 3.05) is 11.4 Å². The quantitative estimate of drug-likeness (QED) is 0.753. The summed E-state index contributed by atoms with van der Waals surface area (Å²) in [5, 5.41) is 18.9. The van der Waals surface area contributed by atoms with Crippen molar-refractivity contribution in [1.29, 1.82) is 10.5 Å². The molecule has 5 rings (SSSR count). The maximum atomic E-state index is 14.2. The van der Waals surface area contributed by atoms with Gasteiger partial charge in [-0.2, -0.15) is 10.5 Å². The number of hydrogen-bond acceptors (Lipinski definition) is 5. The van der Waals surface area contributed by atoms with E-state index in [-0.39, 0.29) is 28.6 Å². The van der Waals surface area contributed by atoms with Gasteiger partial charge in [0.15, 0.2) is 11.4 Å². The maximum absolute atomic E-state index is 14.2. The maximum Gasteiger partial charge on any atom is 0.239 e. The minimum atomic E-state index is -0.815. The SMILES string of the molecule is CC1(C)C2CCC1(C(=O)N1CCCc3ccccc31)c1nc(C#N)c(C#N)nc12. The third-order valence-corrected chi connectivity index (χ3v) is 7.37. The first-order valence-electron chi connectivity index (χ1n) is 10.1. The van der Waals surface area contributed by atoms with Crippen LogP contribution in [0.4, 0.5) is 5.69 Å². The molecular weight excluding hydrogens is 362 g/mol. The second-order valence-electron chi connectivity index (χ2n) is 8.79. The minimum Gasteiger partial charge on any atom is -0.311 e. The van der Waals surface area contributed by atoms with E-state index < -0.39 is 5.41 Å². The zero-order chi connectivity index (χ0) is 20.4. The Hall–Kier alpha value is -3.25. The standard InChI is InChI=1S/C23H21N5O/c1-22(2)15-9-10-23(22,20-19(15)26-16(12-24)17(13-25)27-20)21(29)28-11-5-7-14-6-3-4-8-18(14)28/h3-4,6,8,15H,5,7,9-11H2,1-2H3. The lowest BCUT2D eigenvalue weighted by atomic mass is 9.67. The topological polar surface area (TPSA) is 93.7 Å². The number of aromatic nitrogens is 2. The van der Waals surface area contributed by atoms with Gasteiger partial charge in [0.1, 0.15) is 12.1 Å². The summed E-state index contributed by atoms with van der Waals surface area (Å²) >= 11 is 0. The van der Waals surface area contributed by atoms with E-state index >= 15 is 0 Å². The van der Waals surface area contributed by atoms with Gasteiger partial charge >= 0.3 is 0 Å². The Labute approximate surface area is 169 Å². The number of fused-ring (bicyclic) bond motifs is 6. The summed E-state index contributed by atoms with van der Waals surface area (Å²) in [5.41, 5.74) is 2.40. The molecule has 0 N–H and O–H groups in total. The molecule has 1 aromatic heterocycles. The van der Waals surface area contributed by atoms with E-state index in [1.165, 1.54) is 5.56 Å². The van der Waals surface area contributed by atoms with Crippen LogP contribution in [0, 0.1) is 28.1 Å². The molecule has 1 aromatic carbocycles. The van der Waals surface area contributed by atoms with Gasteiger partial charge in [-0.05, 0) is 42.7 Å². The van der Waals surface area contributed by atoms with E-state index in [0.29, 0.717) is 18.7 Å². The fourth-order valence-corrected chi connectivity index (χ4v) is 5.86. The Balaban J connectivity index is 1.71. The van der Waals surface area contributed by atoms with E-state index in [1.807, 2.05) is 35.2 Å². The van der Waals surface area contributed by atoms with E-state index in [0.717, 1.165) is 30.6 Å².